The standard InChI is InChI=1S/C10H16ClN3O2S/c1-7-9(11)13-8(2)14-10(7)12-5-4-6-17(3,15)16/h4-6H2,1-3H3,(H,12,13,14). The number of hydrogen-bond acceptors (Lipinski definition) is 5. The number of sulfone groups is 1. The number of halogens is 1. The number of nitrogens with one attached hydrogen (secondary N) is 1. The van der Waals surface area contributed by atoms with Gasteiger partial charge in [-0.15, -0.1) is 0 Å². The maximum Gasteiger partial charge on any atom is 0.147 e. The zero-order chi connectivity index (χ0) is 13.1. The van der Waals surface area contributed by atoms with Gasteiger partial charge < -0.3 is 5.32 Å². The summed E-state index contributed by atoms with van der Waals surface area (Å²) in [5.74, 6) is 1.42. The largest absolute Gasteiger partial charge is 0.370 e. The van der Waals surface area contributed by atoms with E-state index in [4.69, 9.17) is 11.6 Å². The fourth-order valence-corrected chi connectivity index (χ4v) is 2.19. The molecule has 1 aromatic heterocycles. The third-order valence-electron chi connectivity index (χ3n) is 2.18. The first-order valence-electron chi connectivity index (χ1n) is 5.22. The first kappa shape index (κ1) is 14.2. The van der Waals surface area contributed by atoms with Gasteiger partial charge >= 0.3 is 0 Å². The van der Waals surface area contributed by atoms with Gasteiger partial charge in [0, 0.05) is 18.4 Å². The highest BCUT2D eigenvalue weighted by Gasteiger charge is 2.07. The van der Waals surface area contributed by atoms with Crippen LogP contribution in [-0.4, -0.2) is 36.9 Å². The molecule has 0 radical (unpaired) electrons. The number of anilines is 1. The molecular formula is C10H16ClN3O2S. The average Bonchev–Trinajstić information content (AvgIpc) is 2.18. The van der Waals surface area contributed by atoms with E-state index < -0.39 is 9.84 Å². The molecule has 1 heterocycles. The lowest BCUT2D eigenvalue weighted by atomic mass is 10.3. The van der Waals surface area contributed by atoms with Gasteiger partial charge in [-0.2, -0.15) is 0 Å². The minimum Gasteiger partial charge on any atom is -0.370 e. The molecule has 0 saturated heterocycles. The Morgan fingerprint density at radius 1 is 1.29 bits per heavy atom. The maximum absolute atomic E-state index is 10.9. The van der Waals surface area contributed by atoms with Crippen LogP contribution in [0, 0.1) is 13.8 Å². The van der Waals surface area contributed by atoms with Gasteiger partial charge in [0.15, 0.2) is 0 Å². The van der Waals surface area contributed by atoms with E-state index in [2.05, 4.69) is 15.3 Å². The van der Waals surface area contributed by atoms with E-state index in [0.717, 1.165) is 5.56 Å². The first-order valence-corrected chi connectivity index (χ1v) is 7.66. The van der Waals surface area contributed by atoms with Crippen LogP contribution in [0.1, 0.15) is 17.8 Å². The van der Waals surface area contributed by atoms with E-state index in [1.807, 2.05) is 6.92 Å². The van der Waals surface area contributed by atoms with Gasteiger partial charge in [0.2, 0.25) is 0 Å². The monoisotopic (exact) mass is 277 g/mol. The van der Waals surface area contributed by atoms with Crippen molar-refractivity contribution in [2.45, 2.75) is 20.3 Å². The molecule has 0 aliphatic heterocycles. The van der Waals surface area contributed by atoms with E-state index in [1.54, 1.807) is 6.92 Å². The molecule has 0 amide bonds. The highest BCUT2D eigenvalue weighted by Crippen LogP contribution is 2.19. The first-order chi connectivity index (χ1) is 7.79. The van der Waals surface area contributed by atoms with Crippen molar-refractivity contribution in [1.29, 1.82) is 0 Å². The Bertz CT molecular complexity index is 503. The van der Waals surface area contributed by atoms with Crippen LogP contribution < -0.4 is 5.32 Å². The minimum atomic E-state index is -2.90. The fraction of sp³-hybridized carbons (Fsp3) is 0.600. The van der Waals surface area contributed by atoms with Crippen LogP contribution in [-0.2, 0) is 9.84 Å². The summed E-state index contributed by atoms with van der Waals surface area (Å²) >= 11 is 5.92. The summed E-state index contributed by atoms with van der Waals surface area (Å²) in [5, 5.41) is 3.49. The van der Waals surface area contributed by atoms with Gasteiger partial charge in [0.05, 0.1) is 5.75 Å². The van der Waals surface area contributed by atoms with Crippen LogP contribution in [0.3, 0.4) is 0 Å². The fourth-order valence-electron chi connectivity index (χ4n) is 1.31. The SMILES string of the molecule is Cc1nc(Cl)c(C)c(NCCCS(C)(=O)=O)n1. The third-order valence-corrected chi connectivity index (χ3v) is 3.58. The molecule has 5 nitrogen and oxygen atoms in total. The number of aryl methyl sites for hydroxylation is 1. The van der Waals surface area contributed by atoms with Gasteiger partial charge in [0.25, 0.3) is 0 Å². The van der Waals surface area contributed by atoms with Crippen LogP contribution in [0.4, 0.5) is 5.82 Å². The van der Waals surface area contributed by atoms with Crippen LogP contribution in [0.5, 0.6) is 0 Å². The molecule has 17 heavy (non-hydrogen) atoms. The molecule has 1 aromatic rings. The summed E-state index contributed by atoms with van der Waals surface area (Å²) < 4.78 is 21.9. The lowest BCUT2D eigenvalue weighted by molar-refractivity contribution is 0.600. The van der Waals surface area contributed by atoms with Gasteiger partial charge in [-0.05, 0) is 20.3 Å². The number of aromatic nitrogens is 2. The molecule has 1 N–H and O–H groups in total. The molecule has 0 aliphatic carbocycles. The molecule has 0 atom stereocenters. The van der Waals surface area contributed by atoms with Crippen molar-refractivity contribution >= 4 is 27.3 Å². The zero-order valence-corrected chi connectivity index (χ0v) is 11.7. The third kappa shape index (κ3) is 4.87. The molecule has 0 unspecified atom stereocenters. The van der Waals surface area contributed by atoms with Crippen molar-refractivity contribution in [2.75, 3.05) is 23.9 Å². The maximum atomic E-state index is 10.9. The van der Waals surface area contributed by atoms with Crippen molar-refractivity contribution in [3.8, 4) is 0 Å². The van der Waals surface area contributed by atoms with E-state index in [1.165, 1.54) is 6.26 Å². The Morgan fingerprint density at radius 3 is 2.53 bits per heavy atom. The summed E-state index contributed by atoms with van der Waals surface area (Å²) in [5.41, 5.74) is 0.775. The smallest absolute Gasteiger partial charge is 0.147 e. The minimum absolute atomic E-state index is 0.164. The summed E-state index contributed by atoms with van der Waals surface area (Å²) in [6.07, 6.45) is 1.77. The van der Waals surface area contributed by atoms with E-state index in [-0.39, 0.29) is 5.75 Å². The van der Waals surface area contributed by atoms with E-state index in [0.29, 0.717) is 29.8 Å². The summed E-state index contributed by atoms with van der Waals surface area (Å²) in [6, 6.07) is 0. The topological polar surface area (TPSA) is 72.0 Å². The highest BCUT2D eigenvalue weighted by atomic mass is 35.5. The van der Waals surface area contributed by atoms with Crippen LogP contribution in [0.15, 0.2) is 0 Å². The van der Waals surface area contributed by atoms with Gasteiger partial charge in [0.1, 0.15) is 26.6 Å². The highest BCUT2D eigenvalue weighted by molar-refractivity contribution is 7.90. The Labute approximate surface area is 107 Å². The van der Waals surface area contributed by atoms with Gasteiger partial charge in [-0.3, -0.25) is 0 Å². The van der Waals surface area contributed by atoms with Crippen LogP contribution >= 0.6 is 11.6 Å². The summed E-state index contributed by atoms with van der Waals surface area (Å²) in [4.78, 5) is 8.23. The summed E-state index contributed by atoms with van der Waals surface area (Å²) in [6.45, 7) is 4.12. The number of rotatable bonds is 5. The lowest BCUT2D eigenvalue weighted by Crippen LogP contribution is -2.12. The van der Waals surface area contributed by atoms with Crippen molar-refractivity contribution in [3.05, 3.63) is 16.5 Å². The van der Waals surface area contributed by atoms with Crippen LogP contribution in [0.2, 0.25) is 5.15 Å². The molecule has 0 fully saturated rings. The van der Waals surface area contributed by atoms with Crippen LogP contribution in [0.25, 0.3) is 0 Å². The second-order valence-corrected chi connectivity index (χ2v) is 6.56. The Balaban J connectivity index is 2.58. The molecular weight excluding hydrogens is 262 g/mol. The molecule has 0 bridgehead atoms. The second kappa shape index (κ2) is 5.64. The quantitative estimate of drug-likeness (QED) is 0.654. The molecule has 0 aliphatic rings. The van der Waals surface area contributed by atoms with Crippen molar-refractivity contribution in [1.82, 2.24) is 9.97 Å². The molecule has 7 heteroatoms. The molecule has 0 spiro atoms. The number of nitrogens with zero attached hydrogens (tertiary/aromatic N) is 2. The molecule has 1 rings (SSSR count). The molecule has 0 aromatic carbocycles. The van der Waals surface area contributed by atoms with Crippen molar-refractivity contribution < 1.29 is 8.42 Å². The van der Waals surface area contributed by atoms with Crippen molar-refractivity contribution in [3.63, 3.8) is 0 Å². The van der Waals surface area contributed by atoms with Gasteiger partial charge in [-0.1, -0.05) is 11.6 Å². The Kier molecular flexibility index (Phi) is 4.70. The van der Waals surface area contributed by atoms with Crippen molar-refractivity contribution in [2.24, 2.45) is 0 Å². The second-order valence-electron chi connectivity index (χ2n) is 3.95. The Hall–Kier alpha value is -0.880. The van der Waals surface area contributed by atoms with E-state index >= 15 is 0 Å². The Morgan fingerprint density at radius 2 is 1.94 bits per heavy atom. The molecule has 96 valence electrons. The lowest BCUT2D eigenvalue weighted by Gasteiger charge is -2.09. The van der Waals surface area contributed by atoms with E-state index in [9.17, 15) is 8.42 Å². The number of hydrogen-bond donors (Lipinski definition) is 1. The zero-order valence-electron chi connectivity index (χ0n) is 10.1. The predicted octanol–water partition coefficient (Wildman–Crippen LogP) is 1.59. The molecule has 0 saturated carbocycles. The predicted molar refractivity (Wildman–Crippen MR) is 69.3 cm³/mol. The average molecular weight is 278 g/mol. The summed E-state index contributed by atoms with van der Waals surface area (Å²) in [7, 11) is -2.90. The van der Waals surface area contributed by atoms with Gasteiger partial charge in [-0.25, -0.2) is 18.4 Å². The normalized spacial score (nSPS) is 11.5.